The molecule has 0 heterocycles. The molecule has 9 heteroatoms. The minimum Gasteiger partial charge on any atom is -0.507 e. The van der Waals surface area contributed by atoms with Gasteiger partial charge in [0.1, 0.15) is 17.2 Å². The van der Waals surface area contributed by atoms with Crippen LogP contribution < -0.4 is 10.5 Å². The Kier molecular flexibility index (Phi) is 6.59. The van der Waals surface area contributed by atoms with E-state index in [4.69, 9.17) is 15.9 Å². The van der Waals surface area contributed by atoms with Gasteiger partial charge in [-0.15, -0.1) is 0 Å². The van der Waals surface area contributed by atoms with Crippen molar-refractivity contribution in [3.05, 3.63) is 53.1 Å². The number of carbonyl (C=O) groups is 1. The van der Waals surface area contributed by atoms with Gasteiger partial charge in [-0.05, 0) is 31.2 Å². The second kappa shape index (κ2) is 8.24. The second-order valence-electron chi connectivity index (χ2n) is 5.11. The van der Waals surface area contributed by atoms with Crippen LogP contribution in [0.4, 0.5) is 13.2 Å². The zero-order chi connectivity index (χ0) is 20.1. The molecule has 0 fully saturated rings. The standard InChI is InChI=1S/C9H11NO3.C8H6F3NO/c1-5(10)9-7(11)3-6(13-2)4-8(9)12;9-8(10,11)6-3-1-5(2-4-6)7(12)13/h3-4,10-12H,1-2H3;1-4H,(H2,12,13). The smallest absolute Gasteiger partial charge is 0.416 e. The van der Waals surface area contributed by atoms with Crippen molar-refractivity contribution in [3.8, 4) is 17.2 Å². The van der Waals surface area contributed by atoms with Crippen LogP contribution in [0.1, 0.15) is 28.4 Å². The van der Waals surface area contributed by atoms with E-state index in [-0.39, 0.29) is 28.3 Å². The highest BCUT2D eigenvalue weighted by molar-refractivity contribution is 6.01. The van der Waals surface area contributed by atoms with E-state index in [1.54, 1.807) is 0 Å². The number of amides is 1. The van der Waals surface area contributed by atoms with Gasteiger partial charge in [-0.25, -0.2) is 0 Å². The molecule has 140 valence electrons. The number of benzene rings is 2. The largest absolute Gasteiger partial charge is 0.507 e. The van der Waals surface area contributed by atoms with Crippen molar-refractivity contribution < 1.29 is 32.9 Å². The molecule has 2 rings (SSSR count). The first kappa shape index (κ1) is 20.8. The molecule has 0 saturated heterocycles. The van der Waals surface area contributed by atoms with Crippen LogP contribution in [0.3, 0.4) is 0 Å². The van der Waals surface area contributed by atoms with Crippen molar-refractivity contribution in [2.24, 2.45) is 5.73 Å². The van der Waals surface area contributed by atoms with E-state index in [9.17, 15) is 28.2 Å². The van der Waals surface area contributed by atoms with E-state index in [1.165, 1.54) is 26.2 Å². The number of carbonyl (C=O) groups excluding carboxylic acids is 1. The SMILES string of the molecule is COc1cc(O)c(C(C)=N)c(O)c1.NC(=O)c1ccc(C(F)(F)F)cc1. The maximum Gasteiger partial charge on any atom is 0.416 e. The van der Waals surface area contributed by atoms with Crippen LogP contribution in [0.15, 0.2) is 36.4 Å². The Labute approximate surface area is 147 Å². The third-order valence-corrected chi connectivity index (χ3v) is 3.18. The first-order valence-electron chi connectivity index (χ1n) is 7.10. The lowest BCUT2D eigenvalue weighted by atomic mass is 10.1. The number of halogens is 3. The highest BCUT2D eigenvalue weighted by Gasteiger charge is 2.30. The quantitative estimate of drug-likeness (QED) is 0.620. The number of phenols is 2. The average molecular weight is 370 g/mol. The fourth-order valence-corrected chi connectivity index (χ4v) is 1.91. The number of ether oxygens (including phenoxy) is 1. The molecule has 0 spiro atoms. The van der Waals surface area contributed by atoms with E-state index < -0.39 is 17.6 Å². The van der Waals surface area contributed by atoms with Gasteiger partial charge in [-0.1, -0.05) is 0 Å². The Morgan fingerprint density at radius 2 is 1.58 bits per heavy atom. The van der Waals surface area contributed by atoms with Crippen LogP contribution >= 0.6 is 0 Å². The summed E-state index contributed by atoms with van der Waals surface area (Å²) >= 11 is 0. The van der Waals surface area contributed by atoms with Gasteiger partial charge in [0.25, 0.3) is 0 Å². The lowest BCUT2D eigenvalue weighted by Gasteiger charge is -2.07. The molecule has 0 unspecified atom stereocenters. The van der Waals surface area contributed by atoms with Crippen molar-refractivity contribution in [2.45, 2.75) is 13.1 Å². The lowest BCUT2D eigenvalue weighted by Crippen LogP contribution is -2.11. The zero-order valence-corrected chi connectivity index (χ0v) is 13.9. The van der Waals surface area contributed by atoms with E-state index >= 15 is 0 Å². The molecule has 0 saturated carbocycles. The monoisotopic (exact) mass is 370 g/mol. The predicted molar refractivity (Wildman–Crippen MR) is 88.8 cm³/mol. The fourth-order valence-electron chi connectivity index (χ4n) is 1.91. The van der Waals surface area contributed by atoms with Crippen LogP contribution in [0, 0.1) is 5.41 Å². The number of primary amides is 1. The Bertz CT molecular complexity index is 780. The molecule has 2 aromatic carbocycles. The fraction of sp³-hybridized carbons (Fsp3) is 0.176. The topological polar surface area (TPSA) is 117 Å². The molecule has 0 bridgehead atoms. The third kappa shape index (κ3) is 5.40. The van der Waals surface area contributed by atoms with Crippen LogP contribution in [0.2, 0.25) is 0 Å². The highest BCUT2D eigenvalue weighted by atomic mass is 19.4. The van der Waals surface area contributed by atoms with E-state index in [2.05, 4.69) is 0 Å². The maximum atomic E-state index is 12.0. The van der Waals surface area contributed by atoms with Crippen molar-refractivity contribution >= 4 is 11.6 Å². The van der Waals surface area contributed by atoms with Crippen molar-refractivity contribution in [1.29, 1.82) is 5.41 Å². The zero-order valence-electron chi connectivity index (χ0n) is 13.9. The summed E-state index contributed by atoms with van der Waals surface area (Å²) in [5.41, 5.74) is 4.37. The number of nitrogens with two attached hydrogens (primary N) is 1. The van der Waals surface area contributed by atoms with Gasteiger partial charge in [-0.3, -0.25) is 4.79 Å². The molecule has 26 heavy (non-hydrogen) atoms. The van der Waals surface area contributed by atoms with Gasteiger partial charge in [0.05, 0.1) is 18.2 Å². The summed E-state index contributed by atoms with van der Waals surface area (Å²) in [5, 5.41) is 26.1. The molecule has 5 N–H and O–H groups in total. The molecule has 0 aliphatic heterocycles. The highest BCUT2D eigenvalue weighted by Crippen LogP contribution is 2.32. The molecule has 0 radical (unpaired) electrons. The molecule has 6 nitrogen and oxygen atoms in total. The summed E-state index contributed by atoms with van der Waals surface area (Å²) in [6.07, 6.45) is -4.38. The summed E-state index contributed by atoms with van der Waals surface area (Å²) in [6.45, 7) is 1.49. The summed E-state index contributed by atoms with van der Waals surface area (Å²) in [5.74, 6) is -0.678. The number of hydrogen-bond donors (Lipinski definition) is 4. The van der Waals surface area contributed by atoms with Gasteiger partial charge >= 0.3 is 6.18 Å². The molecule has 0 aliphatic rings. The van der Waals surface area contributed by atoms with E-state index in [1.807, 2.05) is 0 Å². The summed E-state index contributed by atoms with van der Waals surface area (Å²) in [7, 11) is 1.44. The number of nitrogens with one attached hydrogen (secondary N) is 1. The third-order valence-electron chi connectivity index (χ3n) is 3.18. The number of methoxy groups -OCH3 is 1. The molecular formula is C17H17F3N2O4. The Morgan fingerprint density at radius 1 is 1.12 bits per heavy atom. The number of aromatic hydroxyl groups is 2. The number of hydrogen-bond acceptors (Lipinski definition) is 5. The first-order valence-corrected chi connectivity index (χ1v) is 7.10. The van der Waals surface area contributed by atoms with Crippen LogP contribution in [-0.2, 0) is 6.18 Å². The summed E-state index contributed by atoms with van der Waals surface area (Å²) in [4.78, 5) is 10.5. The number of phenolic OH excluding ortho intramolecular Hbond substituents is 2. The predicted octanol–water partition coefficient (Wildman–Crippen LogP) is 3.30. The van der Waals surface area contributed by atoms with Gasteiger partial charge in [0, 0.05) is 23.4 Å². The minimum atomic E-state index is -4.38. The van der Waals surface area contributed by atoms with Crippen LogP contribution in [0.5, 0.6) is 17.2 Å². The Balaban J connectivity index is 0.000000260. The number of alkyl halides is 3. The molecule has 0 aliphatic carbocycles. The Morgan fingerprint density at radius 3 is 1.88 bits per heavy atom. The first-order chi connectivity index (χ1) is 12.0. The molecule has 1 amide bonds. The number of rotatable bonds is 3. The molecule has 0 aromatic heterocycles. The minimum absolute atomic E-state index is 0.0630. The second-order valence-corrected chi connectivity index (χ2v) is 5.11. The average Bonchev–Trinajstić information content (AvgIpc) is 2.53. The van der Waals surface area contributed by atoms with Crippen LogP contribution in [0.25, 0.3) is 0 Å². The van der Waals surface area contributed by atoms with Gasteiger partial charge < -0.3 is 26.1 Å². The lowest BCUT2D eigenvalue weighted by molar-refractivity contribution is -0.137. The van der Waals surface area contributed by atoms with E-state index in [0.29, 0.717) is 5.75 Å². The molecule has 0 atom stereocenters. The maximum absolute atomic E-state index is 12.0. The summed E-state index contributed by atoms with van der Waals surface area (Å²) in [6, 6.07) is 6.44. The van der Waals surface area contributed by atoms with Gasteiger partial charge in [0.2, 0.25) is 5.91 Å². The van der Waals surface area contributed by atoms with E-state index in [0.717, 1.165) is 24.3 Å². The van der Waals surface area contributed by atoms with Crippen molar-refractivity contribution in [2.75, 3.05) is 7.11 Å². The van der Waals surface area contributed by atoms with Crippen molar-refractivity contribution in [1.82, 2.24) is 0 Å². The molecule has 2 aromatic rings. The van der Waals surface area contributed by atoms with Crippen LogP contribution in [-0.4, -0.2) is 28.9 Å². The normalized spacial score (nSPS) is 10.5. The van der Waals surface area contributed by atoms with Crippen molar-refractivity contribution in [3.63, 3.8) is 0 Å². The molecular weight excluding hydrogens is 353 g/mol. The van der Waals surface area contributed by atoms with Gasteiger partial charge in [-0.2, -0.15) is 13.2 Å². The summed E-state index contributed by atoms with van der Waals surface area (Å²) < 4.78 is 40.8. The van der Waals surface area contributed by atoms with Gasteiger partial charge in [0.15, 0.2) is 0 Å². The Hall–Kier alpha value is -3.23.